The van der Waals surface area contributed by atoms with Crippen LogP contribution in [0.25, 0.3) is 0 Å². The molecule has 0 amide bonds. The molecule has 1 aliphatic rings. The van der Waals surface area contributed by atoms with E-state index >= 15 is 0 Å². The van der Waals surface area contributed by atoms with Gasteiger partial charge in [0, 0.05) is 26.2 Å². The predicted molar refractivity (Wildman–Crippen MR) is 70.2 cm³/mol. The molecule has 0 unspecified atom stereocenters. The summed E-state index contributed by atoms with van der Waals surface area (Å²) in [4.78, 5) is 2.48. The first-order valence-electron chi connectivity index (χ1n) is 6.35. The van der Waals surface area contributed by atoms with Gasteiger partial charge in [0.2, 0.25) is 0 Å². The molecule has 1 saturated heterocycles. The van der Waals surface area contributed by atoms with E-state index in [9.17, 15) is 0 Å². The molecule has 94 valence electrons. The summed E-state index contributed by atoms with van der Waals surface area (Å²) in [5.74, 6) is 2.12. The molecule has 0 saturated carbocycles. The Kier molecular flexibility index (Phi) is 4.02. The summed E-state index contributed by atoms with van der Waals surface area (Å²) in [5, 5.41) is 3.38. The second-order valence-electron chi connectivity index (χ2n) is 4.71. The Morgan fingerprint density at radius 2 is 2.18 bits per heavy atom. The van der Waals surface area contributed by atoms with Gasteiger partial charge in [0.05, 0.1) is 6.04 Å². The molecule has 0 bridgehead atoms. The minimum Gasteiger partial charge on any atom is -0.464 e. The molecular weight excluding hydrogens is 212 g/mol. The molecule has 2 rings (SSSR count). The average molecular weight is 234 g/mol. The summed E-state index contributed by atoms with van der Waals surface area (Å²) in [6.07, 6.45) is 2.94. The minimum absolute atomic E-state index is 0.349. The highest BCUT2D eigenvalue weighted by molar-refractivity contribution is 5.21. The lowest BCUT2D eigenvalue weighted by molar-refractivity contribution is 0.154. The lowest BCUT2D eigenvalue weighted by Crippen LogP contribution is -2.45. The van der Waals surface area contributed by atoms with E-state index in [0.717, 1.165) is 44.1 Å². The quantitative estimate of drug-likeness (QED) is 0.811. The predicted octanol–water partition coefficient (Wildman–Crippen LogP) is 2.42. The molecule has 1 aromatic heterocycles. The molecule has 1 atom stereocenters. The largest absolute Gasteiger partial charge is 0.464 e. The van der Waals surface area contributed by atoms with Crippen LogP contribution in [-0.4, -0.2) is 31.1 Å². The van der Waals surface area contributed by atoms with Crippen LogP contribution in [0.2, 0.25) is 0 Å². The second-order valence-corrected chi connectivity index (χ2v) is 4.71. The molecule has 1 N–H and O–H groups in total. The first kappa shape index (κ1) is 12.4. The van der Waals surface area contributed by atoms with Crippen molar-refractivity contribution in [1.82, 2.24) is 10.2 Å². The molecule has 0 aliphatic carbocycles. The molecule has 3 heteroatoms. The number of nitrogens with zero attached hydrogens (tertiary/aromatic N) is 1. The van der Waals surface area contributed by atoms with Crippen LogP contribution in [0.4, 0.5) is 0 Å². The van der Waals surface area contributed by atoms with Crippen LogP contribution < -0.4 is 5.32 Å². The Bertz CT molecular complexity index is 358. The number of hydrogen-bond acceptors (Lipinski definition) is 3. The van der Waals surface area contributed by atoms with Crippen LogP contribution >= 0.6 is 0 Å². The fourth-order valence-electron chi connectivity index (χ4n) is 2.36. The zero-order chi connectivity index (χ0) is 12.3. The van der Waals surface area contributed by atoms with Gasteiger partial charge in [0.25, 0.3) is 0 Å². The molecule has 0 spiro atoms. The first-order valence-corrected chi connectivity index (χ1v) is 6.35. The standard InChI is InChI=1S/C14H22N2O/c1-4-5-13(16-8-6-15-7-9-16)14-10-11(2)12(3)17-14/h4,10,13,15H,1,5-9H2,2-3H3/t13-/m1/s1. The maximum Gasteiger partial charge on any atom is 0.121 e. The third kappa shape index (κ3) is 2.79. The van der Waals surface area contributed by atoms with Crippen LogP contribution in [-0.2, 0) is 0 Å². The number of rotatable bonds is 4. The highest BCUT2D eigenvalue weighted by atomic mass is 16.3. The Morgan fingerprint density at radius 3 is 2.71 bits per heavy atom. The van der Waals surface area contributed by atoms with Crippen molar-refractivity contribution < 1.29 is 4.42 Å². The van der Waals surface area contributed by atoms with E-state index < -0.39 is 0 Å². The summed E-state index contributed by atoms with van der Waals surface area (Å²) in [6, 6.07) is 2.52. The highest BCUT2D eigenvalue weighted by Crippen LogP contribution is 2.28. The van der Waals surface area contributed by atoms with E-state index in [1.165, 1.54) is 5.56 Å². The number of hydrogen-bond donors (Lipinski definition) is 1. The van der Waals surface area contributed by atoms with Gasteiger partial charge < -0.3 is 9.73 Å². The third-order valence-corrected chi connectivity index (χ3v) is 3.50. The van der Waals surface area contributed by atoms with Crippen LogP contribution in [0.5, 0.6) is 0 Å². The lowest BCUT2D eigenvalue weighted by Gasteiger charge is -2.33. The van der Waals surface area contributed by atoms with Crippen molar-refractivity contribution in [2.45, 2.75) is 26.3 Å². The van der Waals surface area contributed by atoms with E-state index in [-0.39, 0.29) is 0 Å². The Labute approximate surface area is 103 Å². The van der Waals surface area contributed by atoms with Crippen molar-refractivity contribution in [3.05, 3.63) is 35.8 Å². The van der Waals surface area contributed by atoms with Crippen molar-refractivity contribution in [1.29, 1.82) is 0 Å². The van der Waals surface area contributed by atoms with Crippen LogP contribution in [0, 0.1) is 13.8 Å². The van der Waals surface area contributed by atoms with Crippen molar-refractivity contribution >= 4 is 0 Å². The summed E-state index contributed by atoms with van der Waals surface area (Å²) in [6.45, 7) is 12.3. The summed E-state index contributed by atoms with van der Waals surface area (Å²) >= 11 is 0. The summed E-state index contributed by atoms with van der Waals surface area (Å²) in [7, 11) is 0. The van der Waals surface area contributed by atoms with Crippen molar-refractivity contribution in [3.63, 3.8) is 0 Å². The molecule has 0 aromatic carbocycles. The summed E-state index contributed by atoms with van der Waals surface area (Å²) in [5.41, 5.74) is 1.24. The Morgan fingerprint density at radius 1 is 1.47 bits per heavy atom. The van der Waals surface area contributed by atoms with Crippen molar-refractivity contribution in [2.75, 3.05) is 26.2 Å². The van der Waals surface area contributed by atoms with E-state index in [1.807, 2.05) is 13.0 Å². The lowest BCUT2D eigenvalue weighted by atomic mass is 10.1. The molecule has 2 heterocycles. The zero-order valence-corrected chi connectivity index (χ0v) is 10.8. The number of aryl methyl sites for hydroxylation is 2. The minimum atomic E-state index is 0.349. The van der Waals surface area contributed by atoms with Crippen LogP contribution in [0.15, 0.2) is 23.1 Å². The van der Waals surface area contributed by atoms with Gasteiger partial charge >= 0.3 is 0 Å². The van der Waals surface area contributed by atoms with Gasteiger partial charge in [-0.05, 0) is 31.9 Å². The highest BCUT2D eigenvalue weighted by Gasteiger charge is 2.24. The number of piperazine rings is 1. The molecule has 1 aliphatic heterocycles. The number of furan rings is 1. The third-order valence-electron chi connectivity index (χ3n) is 3.50. The Balaban J connectivity index is 2.17. The van der Waals surface area contributed by atoms with Gasteiger partial charge in [-0.15, -0.1) is 6.58 Å². The average Bonchev–Trinajstić information content (AvgIpc) is 2.67. The van der Waals surface area contributed by atoms with Gasteiger partial charge in [0.1, 0.15) is 11.5 Å². The van der Waals surface area contributed by atoms with Gasteiger partial charge in [-0.25, -0.2) is 0 Å². The smallest absolute Gasteiger partial charge is 0.121 e. The Hall–Kier alpha value is -1.06. The summed E-state index contributed by atoms with van der Waals surface area (Å²) < 4.78 is 5.87. The van der Waals surface area contributed by atoms with Gasteiger partial charge in [-0.3, -0.25) is 4.90 Å². The molecule has 1 aromatic rings. The number of nitrogens with one attached hydrogen (secondary N) is 1. The topological polar surface area (TPSA) is 28.4 Å². The SMILES string of the molecule is C=CC[C@H](c1cc(C)c(C)o1)N1CCNCC1. The second kappa shape index (κ2) is 5.52. The fraction of sp³-hybridized carbons (Fsp3) is 0.571. The van der Waals surface area contributed by atoms with Gasteiger partial charge in [-0.1, -0.05) is 6.08 Å². The van der Waals surface area contributed by atoms with Crippen molar-refractivity contribution in [2.24, 2.45) is 0 Å². The first-order chi connectivity index (χ1) is 8.22. The molecular formula is C14H22N2O. The molecule has 3 nitrogen and oxygen atoms in total. The van der Waals surface area contributed by atoms with Crippen LogP contribution in [0.3, 0.4) is 0 Å². The van der Waals surface area contributed by atoms with Crippen molar-refractivity contribution in [3.8, 4) is 0 Å². The zero-order valence-electron chi connectivity index (χ0n) is 10.8. The maximum atomic E-state index is 5.87. The van der Waals surface area contributed by atoms with Gasteiger partial charge in [0.15, 0.2) is 0 Å². The normalized spacial score (nSPS) is 19.2. The molecule has 1 fully saturated rings. The van der Waals surface area contributed by atoms with E-state index in [2.05, 4.69) is 29.8 Å². The monoisotopic (exact) mass is 234 g/mol. The van der Waals surface area contributed by atoms with E-state index in [4.69, 9.17) is 4.42 Å². The van der Waals surface area contributed by atoms with Crippen LogP contribution in [0.1, 0.15) is 29.5 Å². The molecule has 17 heavy (non-hydrogen) atoms. The van der Waals surface area contributed by atoms with E-state index in [0.29, 0.717) is 6.04 Å². The molecule has 0 radical (unpaired) electrons. The van der Waals surface area contributed by atoms with Gasteiger partial charge in [-0.2, -0.15) is 0 Å². The maximum absolute atomic E-state index is 5.87. The van der Waals surface area contributed by atoms with E-state index in [1.54, 1.807) is 0 Å². The fourth-order valence-corrected chi connectivity index (χ4v) is 2.36.